The molecule has 0 aromatic heterocycles. The first-order chi connectivity index (χ1) is 10.8. The molecule has 1 aromatic rings. The summed E-state index contributed by atoms with van der Waals surface area (Å²) in [6.45, 7) is 1.59. The van der Waals surface area contributed by atoms with Crippen LogP contribution in [0.15, 0.2) is 18.2 Å². The maximum Gasteiger partial charge on any atom is 0.319 e. The number of nitro benzene ring substituents is 1. The number of amides is 1. The van der Waals surface area contributed by atoms with E-state index in [1.165, 1.54) is 12.1 Å². The summed E-state index contributed by atoms with van der Waals surface area (Å²) in [5, 5.41) is 10.9. The van der Waals surface area contributed by atoms with Gasteiger partial charge >= 0.3 is 11.9 Å². The predicted octanol–water partition coefficient (Wildman–Crippen LogP) is 0.652. The Morgan fingerprint density at radius 3 is 2.78 bits per heavy atom. The Labute approximate surface area is 130 Å². The molecule has 0 fully saturated rings. The lowest BCUT2D eigenvalue weighted by Gasteiger charge is -2.28. The molecule has 1 amide bonds. The summed E-state index contributed by atoms with van der Waals surface area (Å²) in [6, 6.07) is 3.58. The lowest BCUT2D eigenvalue weighted by Crippen LogP contribution is -2.39. The zero-order valence-corrected chi connectivity index (χ0v) is 12.2. The number of carbonyl (C=O) groups is 3. The Hall–Kier alpha value is -2.97. The van der Waals surface area contributed by atoms with Crippen LogP contribution in [0.25, 0.3) is 0 Å². The number of non-ortho nitro benzene ring substituents is 1. The third kappa shape index (κ3) is 3.28. The summed E-state index contributed by atoms with van der Waals surface area (Å²) < 4.78 is 9.82. The quantitative estimate of drug-likeness (QED) is 0.276. The fraction of sp³-hybridized carbons (Fsp3) is 0.357. The van der Waals surface area contributed by atoms with Crippen molar-refractivity contribution in [1.29, 1.82) is 0 Å². The van der Waals surface area contributed by atoms with Gasteiger partial charge in [0.1, 0.15) is 11.7 Å². The third-order valence-corrected chi connectivity index (χ3v) is 3.46. The van der Waals surface area contributed by atoms with E-state index in [0.29, 0.717) is 0 Å². The minimum absolute atomic E-state index is 0.0293. The monoisotopic (exact) mass is 322 g/mol. The van der Waals surface area contributed by atoms with E-state index in [9.17, 15) is 24.5 Å². The number of primary amides is 1. The standard InChI is InChI=1S/C14H14N2O7/c1-2-22-14(19)12(13(15)18)9-6-11(17)23-10-4-3-7(16(20)21)5-8(9)10/h3-5,9,12H,2,6H2,1H3,(H2,15,18). The Kier molecular flexibility index (Phi) is 4.58. The van der Waals surface area contributed by atoms with Crippen molar-refractivity contribution < 1.29 is 28.8 Å². The van der Waals surface area contributed by atoms with E-state index < -0.39 is 34.6 Å². The molecule has 122 valence electrons. The van der Waals surface area contributed by atoms with Crippen LogP contribution in [0.2, 0.25) is 0 Å². The highest BCUT2D eigenvalue weighted by atomic mass is 16.6. The normalized spacial score (nSPS) is 17.6. The van der Waals surface area contributed by atoms with Gasteiger partial charge in [-0.1, -0.05) is 0 Å². The number of ether oxygens (including phenoxy) is 2. The highest BCUT2D eigenvalue weighted by Crippen LogP contribution is 2.41. The summed E-state index contributed by atoms with van der Waals surface area (Å²) in [7, 11) is 0. The van der Waals surface area contributed by atoms with Gasteiger partial charge in [-0.2, -0.15) is 0 Å². The minimum Gasteiger partial charge on any atom is -0.465 e. The van der Waals surface area contributed by atoms with Gasteiger partial charge in [0.2, 0.25) is 5.91 Å². The number of benzene rings is 1. The van der Waals surface area contributed by atoms with Gasteiger partial charge in [-0.05, 0) is 13.0 Å². The fourth-order valence-corrected chi connectivity index (χ4v) is 2.49. The van der Waals surface area contributed by atoms with Crippen LogP contribution >= 0.6 is 0 Å². The maximum absolute atomic E-state index is 12.0. The number of nitro groups is 1. The topological polar surface area (TPSA) is 139 Å². The van der Waals surface area contributed by atoms with Crippen LogP contribution in [0.5, 0.6) is 5.75 Å². The molecule has 9 heteroatoms. The average molecular weight is 322 g/mol. The van der Waals surface area contributed by atoms with Gasteiger partial charge in [-0.25, -0.2) is 0 Å². The Morgan fingerprint density at radius 1 is 1.52 bits per heavy atom. The predicted molar refractivity (Wildman–Crippen MR) is 75.4 cm³/mol. The number of esters is 2. The van der Waals surface area contributed by atoms with Gasteiger partial charge in [0.25, 0.3) is 5.69 Å². The van der Waals surface area contributed by atoms with Crippen molar-refractivity contribution in [3.05, 3.63) is 33.9 Å². The fourth-order valence-electron chi connectivity index (χ4n) is 2.49. The van der Waals surface area contributed by atoms with Crippen LogP contribution < -0.4 is 10.5 Å². The van der Waals surface area contributed by atoms with E-state index in [1.807, 2.05) is 0 Å². The molecule has 2 N–H and O–H groups in total. The summed E-state index contributed by atoms with van der Waals surface area (Å²) in [6.07, 6.45) is -0.305. The van der Waals surface area contributed by atoms with Crippen LogP contribution in [-0.2, 0) is 19.1 Å². The molecule has 9 nitrogen and oxygen atoms in total. The summed E-state index contributed by atoms with van der Waals surface area (Å²) in [5.41, 5.74) is 5.23. The zero-order valence-electron chi connectivity index (χ0n) is 12.2. The molecule has 2 atom stereocenters. The lowest BCUT2D eigenvalue weighted by molar-refractivity contribution is -0.385. The average Bonchev–Trinajstić information content (AvgIpc) is 2.46. The van der Waals surface area contributed by atoms with Gasteiger partial charge in [-0.15, -0.1) is 0 Å². The zero-order chi connectivity index (χ0) is 17.1. The number of rotatable bonds is 5. The number of fused-ring (bicyclic) bond motifs is 1. The minimum atomic E-state index is -1.43. The number of hydrogen-bond donors (Lipinski definition) is 1. The first-order valence-electron chi connectivity index (χ1n) is 6.80. The Bertz CT molecular complexity index is 686. The van der Waals surface area contributed by atoms with Crippen molar-refractivity contribution in [3.8, 4) is 5.75 Å². The van der Waals surface area contributed by atoms with E-state index >= 15 is 0 Å². The van der Waals surface area contributed by atoms with Crippen LogP contribution in [0, 0.1) is 16.0 Å². The molecule has 1 heterocycles. The number of nitrogens with two attached hydrogens (primary N) is 1. The van der Waals surface area contributed by atoms with Crippen molar-refractivity contribution >= 4 is 23.5 Å². The number of nitrogens with zero attached hydrogens (tertiary/aromatic N) is 1. The van der Waals surface area contributed by atoms with Crippen LogP contribution in [0.1, 0.15) is 24.8 Å². The number of carbonyl (C=O) groups excluding carboxylic acids is 3. The molecular weight excluding hydrogens is 308 g/mol. The smallest absolute Gasteiger partial charge is 0.319 e. The van der Waals surface area contributed by atoms with E-state index in [2.05, 4.69) is 0 Å². The highest BCUT2D eigenvalue weighted by Gasteiger charge is 2.41. The first-order valence-corrected chi connectivity index (χ1v) is 6.80. The van der Waals surface area contributed by atoms with Crippen LogP contribution in [0.4, 0.5) is 5.69 Å². The maximum atomic E-state index is 12.0. The molecule has 1 aromatic carbocycles. The SMILES string of the molecule is CCOC(=O)C(C(N)=O)C1CC(=O)Oc2ccc([N+](=O)[O-])cc21. The molecule has 0 aliphatic carbocycles. The van der Waals surface area contributed by atoms with Gasteiger partial charge in [0.05, 0.1) is 18.0 Å². The van der Waals surface area contributed by atoms with Crippen molar-refractivity contribution in [2.24, 2.45) is 11.7 Å². The van der Waals surface area contributed by atoms with Crippen LogP contribution in [0.3, 0.4) is 0 Å². The Morgan fingerprint density at radius 2 is 2.22 bits per heavy atom. The molecule has 0 spiro atoms. The summed E-state index contributed by atoms with van der Waals surface area (Å²) >= 11 is 0. The van der Waals surface area contributed by atoms with Crippen molar-refractivity contribution in [2.45, 2.75) is 19.3 Å². The largest absolute Gasteiger partial charge is 0.465 e. The molecular formula is C14H14N2O7. The molecule has 0 bridgehead atoms. The van der Waals surface area contributed by atoms with Gasteiger partial charge in [0, 0.05) is 23.6 Å². The second-order valence-electron chi connectivity index (χ2n) is 4.90. The Balaban J connectivity index is 2.52. The first kappa shape index (κ1) is 16.4. The molecule has 1 aliphatic rings. The van der Waals surface area contributed by atoms with Gasteiger partial charge < -0.3 is 15.2 Å². The van der Waals surface area contributed by atoms with Crippen molar-refractivity contribution in [2.75, 3.05) is 6.61 Å². The molecule has 2 unspecified atom stereocenters. The lowest BCUT2D eigenvalue weighted by atomic mass is 9.81. The second-order valence-corrected chi connectivity index (χ2v) is 4.90. The molecule has 0 saturated carbocycles. The highest BCUT2D eigenvalue weighted by molar-refractivity contribution is 5.99. The van der Waals surface area contributed by atoms with E-state index in [0.717, 1.165) is 6.07 Å². The van der Waals surface area contributed by atoms with E-state index in [4.69, 9.17) is 15.2 Å². The molecule has 0 radical (unpaired) electrons. The molecule has 2 rings (SSSR count). The molecule has 0 saturated heterocycles. The van der Waals surface area contributed by atoms with Gasteiger partial charge in [0.15, 0.2) is 0 Å². The summed E-state index contributed by atoms with van der Waals surface area (Å²) in [4.78, 5) is 45.7. The van der Waals surface area contributed by atoms with Crippen LogP contribution in [-0.4, -0.2) is 29.4 Å². The summed E-state index contributed by atoms with van der Waals surface area (Å²) in [5.74, 6) is -4.84. The van der Waals surface area contributed by atoms with Crippen molar-refractivity contribution in [1.82, 2.24) is 0 Å². The molecule has 1 aliphatic heterocycles. The third-order valence-electron chi connectivity index (χ3n) is 3.46. The van der Waals surface area contributed by atoms with E-state index in [1.54, 1.807) is 6.92 Å². The van der Waals surface area contributed by atoms with E-state index in [-0.39, 0.29) is 30.0 Å². The number of hydrogen-bond acceptors (Lipinski definition) is 7. The molecule has 23 heavy (non-hydrogen) atoms. The van der Waals surface area contributed by atoms with Gasteiger partial charge in [-0.3, -0.25) is 24.5 Å². The second kappa shape index (κ2) is 6.42. The van der Waals surface area contributed by atoms with Crippen molar-refractivity contribution in [3.63, 3.8) is 0 Å².